The highest BCUT2D eigenvalue weighted by molar-refractivity contribution is 5.95. The Morgan fingerprint density at radius 1 is 1.03 bits per heavy atom. The number of carbonyl (C=O) groups is 1. The predicted octanol–water partition coefficient (Wildman–Crippen LogP) is 5.10. The van der Waals surface area contributed by atoms with Crippen LogP contribution in [0.2, 0.25) is 0 Å². The minimum absolute atomic E-state index is 0.00886. The van der Waals surface area contributed by atoms with Gasteiger partial charge in [-0.15, -0.1) is 0 Å². The highest BCUT2D eigenvalue weighted by Gasteiger charge is 2.28. The third kappa shape index (κ3) is 7.13. The Morgan fingerprint density at radius 2 is 1.79 bits per heavy atom. The van der Waals surface area contributed by atoms with Crippen LogP contribution in [0.3, 0.4) is 0 Å². The largest absolute Gasteiger partial charge is 0.493 e. The number of hydrogen-bond donors (Lipinski definition) is 1. The number of nitrogens with zero attached hydrogens (tertiary/aromatic N) is 1. The Bertz CT molecular complexity index is 1060. The Balaban J connectivity index is 1.61. The summed E-state index contributed by atoms with van der Waals surface area (Å²) < 4.78 is 52.5. The van der Waals surface area contributed by atoms with Crippen molar-refractivity contribution in [2.75, 3.05) is 13.7 Å². The zero-order valence-electron chi connectivity index (χ0n) is 18.1. The van der Waals surface area contributed by atoms with Gasteiger partial charge in [0.25, 0.3) is 5.91 Å². The molecule has 0 aliphatic heterocycles. The van der Waals surface area contributed by atoms with Crippen molar-refractivity contribution >= 4 is 5.91 Å². The molecule has 0 aliphatic rings. The first-order valence-electron chi connectivity index (χ1n) is 10.1. The number of carbonyl (C=O) groups excluding carboxylic acids is 1. The maximum Gasteiger partial charge on any atom is 0.422 e. The zero-order chi connectivity index (χ0) is 23.8. The van der Waals surface area contributed by atoms with Crippen molar-refractivity contribution in [2.24, 2.45) is 0 Å². The van der Waals surface area contributed by atoms with Crippen LogP contribution >= 0.6 is 0 Å². The molecule has 0 aliphatic carbocycles. The zero-order valence-corrected chi connectivity index (χ0v) is 18.1. The number of ether oxygens (including phenoxy) is 3. The van der Waals surface area contributed by atoms with Gasteiger partial charge in [0.15, 0.2) is 18.1 Å². The molecule has 1 aromatic heterocycles. The first kappa shape index (κ1) is 23.9. The lowest BCUT2D eigenvalue weighted by Crippen LogP contribution is -2.27. The SMILES string of the molecule is COc1cc(C(=O)NC(C)c2ccc(OCC(F)(F)F)cn2)ccc1OCc1ccccc1. The second kappa shape index (κ2) is 10.7. The number of aromatic nitrogens is 1. The van der Waals surface area contributed by atoms with E-state index in [4.69, 9.17) is 9.47 Å². The molecular weight excluding hydrogens is 437 g/mol. The van der Waals surface area contributed by atoms with Gasteiger partial charge in [-0.25, -0.2) is 0 Å². The van der Waals surface area contributed by atoms with Gasteiger partial charge < -0.3 is 19.5 Å². The summed E-state index contributed by atoms with van der Waals surface area (Å²) in [6.07, 6.45) is -3.24. The van der Waals surface area contributed by atoms with Gasteiger partial charge in [-0.2, -0.15) is 13.2 Å². The number of rotatable bonds is 9. The highest BCUT2D eigenvalue weighted by Crippen LogP contribution is 2.29. The average Bonchev–Trinajstić information content (AvgIpc) is 2.81. The van der Waals surface area contributed by atoms with Crippen LogP contribution in [-0.4, -0.2) is 30.8 Å². The van der Waals surface area contributed by atoms with Crippen LogP contribution in [0, 0.1) is 0 Å². The number of halogens is 3. The van der Waals surface area contributed by atoms with E-state index in [1.54, 1.807) is 25.1 Å². The molecule has 3 aromatic rings. The average molecular weight is 460 g/mol. The van der Waals surface area contributed by atoms with Gasteiger partial charge in [0.2, 0.25) is 0 Å². The van der Waals surface area contributed by atoms with Crippen LogP contribution in [0.15, 0.2) is 66.9 Å². The van der Waals surface area contributed by atoms with Gasteiger partial charge in [-0.1, -0.05) is 30.3 Å². The summed E-state index contributed by atoms with van der Waals surface area (Å²) in [6, 6.07) is 16.9. The molecule has 1 unspecified atom stereocenters. The molecular formula is C24H23F3N2O4. The molecule has 0 radical (unpaired) electrons. The van der Waals surface area contributed by atoms with Gasteiger partial charge in [0.05, 0.1) is 25.0 Å². The maximum atomic E-state index is 12.7. The fourth-order valence-electron chi connectivity index (χ4n) is 2.92. The summed E-state index contributed by atoms with van der Waals surface area (Å²) in [5.74, 6) is 0.539. The fourth-order valence-corrected chi connectivity index (χ4v) is 2.92. The lowest BCUT2D eigenvalue weighted by atomic mass is 10.1. The summed E-state index contributed by atoms with van der Waals surface area (Å²) in [6.45, 7) is 0.673. The molecule has 9 heteroatoms. The third-order valence-corrected chi connectivity index (χ3v) is 4.62. The monoisotopic (exact) mass is 460 g/mol. The minimum Gasteiger partial charge on any atom is -0.493 e. The van der Waals surface area contributed by atoms with Crippen molar-refractivity contribution in [3.63, 3.8) is 0 Å². The molecule has 1 N–H and O–H groups in total. The van der Waals surface area contributed by atoms with E-state index >= 15 is 0 Å². The second-order valence-electron chi connectivity index (χ2n) is 7.16. The van der Waals surface area contributed by atoms with Crippen molar-refractivity contribution in [2.45, 2.75) is 25.7 Å². The molecule has 2 aromatic carbocycles. The lowest BCUT2D eigenvalue weighted by Gasteiger charge is -2.16. The van der Waals surface area contributed by atoms with Crippen molar-refractivity contribution in [1.29, 1.82) is 0 Å². The first-order valence-corrected chi connectivity index (χ1v) is 10.1. The molecule has 1 amide bonds. The van der Waals surface area contributed by atoms with Crippen molar-refractivity contribution in [3.05, 3.63) is 83.7 Å². The summed E-state index contributed by atoms with van der Waals surface area (Å²) in [5, 5.41) is 2.80. The third-order valence-electron chi connectivity index (χ3n) is 4.62. The van der Waals surface area contributed by atoms with Gasteiger partial charge in [-0.3, -0.25) is 9.78 Å². The number of pyridine rings is 1. The second-order valence-corrected chi connectivity index (χ2v) is 7.16. The molecule has 174 valence electrons. The minimum atomic E-state index is -4.43. The number of methoxy groups -OCH3 is 1. The maximum absolute atomic E-state index is 12.7. The fraction of sp³-hybridized carbons (Fsp3) is 0.250. The van der Waals surface area contributed by atoms with Crippen LogP contribution in [0.25, 0.3) is 0 Å². The van der Waals surface area contributed by atoms with Gasteiger partial charge in [0, 0.05) is 5.56 Å². The van der Waals surface area contributed by atoms with Gasteiger partial charge in [-0.05, 0) is 42.8 Å². The van der Waals surface area contributed by atoms with E-state index in [1.165, 1.54) is 25.4 Å². The van der Waals surface area contributed by atoms with E-state index in [2.05, 4.69) is 15.0 Å². The molecule has 1 atom stereocenters. The number of alkyl halides is 3. The Morgan fingerprint density at radius 3 is 2.42 bits per heavy atom. The van der Waals surface area contributed by atoms with E-state index < -0.39 is 18.8 Å². The van der Waals surface area contributed by atoms with E-state index in [0.29, 0.717) is 29.4 Å². The smallest absolute Gasteiger partial charge is 0.422 e. The highest BCUT2D eigenvalue weighted by atomic mass is 19.4. The lowest BCUT2D eigenvalue weighted by molar-refractivity contribution is -0.153. The van der Waals surface area contributed by atoms with Crippen LogP contribution < -0.4 is 19.5 Å². The predicted molar refractivity (Wildman–Crippen MR) is 115 cm³/mol. The van der Waals surface area contributed by atoms with E-state index in [1.807, 2.05) is 30.3 Å². The van der Waals surface area contributed by atoms with Crippen molar-refractivity contribution < 1.29 is 32.2 Å². The van der Waals surface area contributed by atoms with Crippen molar-refractivity contribution in [1.82, 2.24) is 10.3 Å². The van der Waals surface area contributed by atoms with E-state index in [-0.39, 0.29) is 11.7 Å². The summed E-state index contributed by atoms with van der Waals surface area (Å²) in [5.41, 5.74) is 1.82. The normalized spacial score (nSPS) is 12.0. The van der Waals surface area contributed by atoms with Gasteiger partial charge in [0.1, 0.15) is 12.4 Å². The molecule has 0 bridgehead atoms. The molecule has 3 rings (SSSR count). The number of hydrogen-bond acceptors (Lipinski definition) is 5. The van der Waals surface area contributed by atoms with Crippen LogP contribution in [-0.2, 0) is 6.61 Å². The van der Waals surface area contributed by atoms with Crippen LogP contribution in [0.5, 0.6) is 17.2 Å². The first-order chi connectivity index (χ1) is 15.7. The molecule has 0 saturated heterocycles. The molecule has 6 nitrogen and oxygen atoms in total. The number of benzene rings is 2. The number of nitrogens with one attached hydrogen (secondary N) is 1. The summed E-state index contributed by atoms with van der Waals surface area (Å²) in [7, 11) is 1.49. The molecule has 0 spiro atoms. The summed E-state index contributed by atoms with van der Waals surface area (Å²) in [4.78, 5) is 16.8. The van der Waals surface area contributed by atoms with Crippen LogP contribution in [0.1, 0.15) is 34.6 Å². The standard InChI is InChI=1S/C24H23F3N2O4/c1-16(20-10-9-19(13-28-20)33-15-24(25,26)27)29-23(30)18-8-11-21(22(12-18)31-2)32-14-17-6-4-3-5-7-17/h3-13,16H,14-15H2,1-2H3,(H,29,30). The molecule has 33 heavy (non-hydrogen) atoms. The Kier molecular flexibility index (Phi) is 7.76. The quantitative estimate of drug-likeness (QED) is 0.481. The van der Waals surface area contributed by atoms with Crippen LogP contribution in [0.4, 0.5) is 13.2 Å². The topological polar surface area (TPSA) is 69.7 Å². The van der Waals surface area contributed by atoms with Gasteiger partial charge >= 0.3 is 6.18 Å². The Labute approximate surface area is 189 Å². The summed E-state index contributed by atoms with van der Waals surface area (Å²) >= 11 is 0. The number of amides is 1. The van der Waals surface area contributed by atoms with Crippen molar-refractivity contribution in [3.8, 4) is 17.2 Å². The Hall–Kier alpha value is -3.75. The van der Waals surface area contributed by atoms with E-state index in [0.717, 1.165) is 5.56 Å². The molecule has 1 heterocycles. The van der Waals surface area contributed by atoms with E-state index in [9.17, 15) is 18.0 Å². The molecule has 0 saturated carbocycles. The molecule has 0 fully saturated rings.